The second-order valence-corrected chi connectivity index (χ2v) is 9.36. The summed E-state index contributed by atoms with van der Waals surface area (Å²) in [6.07, 6.45) is 2.84. The highest BCUT2D eigenvalue weighted by Crippen LogP contribution is 2.30. The number of ether oxygens (including phenoxy) is 1. The van der Waals surface area contributed by atoms with Crippen LogP contribution in [0.3, 0.4) is 0 Å². The predicted octanol–water partition coefficient (Wildman–Crippen LogP) is 4.10. The third-order valence-corrected chi connectivity index (χ3v) is 6.82. The molecule has 0 atom stereocenters. The molecular formula is C20H19Cl2FN2O5S. The molecule has 11 heteroatoms. The van der Waals surface area contributed by atoms with Gasteiger partial charge in [-0.15, -0.1) is 0 Å². The summed E-state index contributed by atoms with van der Waals surface area (Å²) in [7, 11) is -4.22. The first-order chi connectivity index (χ1) is 14.7. The normalized spacial score (nSPS) is 14.2. The van der Waals surface area contributed by atoms with Crippen molar-refractivity contribution in [3.05, 3.63) is 57.8 Å². The lowest BCUT2D eigenvalue weighted by molar-refractivity contribution is -0.135. The number of hydrogen-bond acceptors (Lipinski definition) is 5. The smallest absolute Gasteiger partial charge is 0.340 e. The van der Waals surface area contributed by atoms with Crippen LogP contribution in [0.4, 0.5) is 10.1 Å². The number of nitrogens with one attached hydrogen (secondary N) is 1. The average Bonchev–Trinajstić information content (AvgIpc) is 2.73. The van der Waals surface area contributed by atoms with Gasteiger partial charge in [-0.1, -0.05) is 23.2 Å². The molecule has 1 aliphatic rings. The summed E-state index contributed by atoms with van der Waals surface area (Å²) < 4.78 is 45.8. The van der Waals surface area contributed by atoms with E-state index < -0.39 is 33.3 Å². The molecule has 166 valence electrons. The monoisotopic (exact) mass is 488 g/mol. The molecule has 2 aromatic rings. The number of likely N-dealkylation sites (tertiary alicyclic amines) is 1. The molecule has 0 aliphatic carbocycles. The zero-order chi connectivity index (χ0) is 22.6. The molecule has 1 aliphatic heterocycles. The van der Waals surface area contributed by atoms with Crippen molar-refractivity contribution < 1.29 is 27.1 Å². The molecule has 1 heterocycles. The summed E-state index contributed by atoms with van der Waals surface area (Å²) in [6, 6.07) is 6.72. The number of esters is 1. The van der Waals surface area contributed by atoms with Gasteiger partial charge in [0.25, 0.3) is 15.9 Å². The molecule has 1 amide bonds. The molecule has 0 spiro atoms. The van der Waals surface area contributed by atoms with Crippen LogP contribution in [0, 0.1) is 5.82 Å². The van der Waals surface area contributed by atoms with Gasteiger partial charge >= 0.3 is 5.97 Å². The van der Waals surface area contributed by atoms with Crippen molar-refractivity contribution in [2.75, 3.05) is 24.4 Å². The number of sulfonamides is 1. The second-order valence-electron chi connectivity index (χ2n) is 6.89. The highest BCUT2D eigenvalue weighted by Gasteiger charge is 2.25. The molecular weight excluding hydrogens is 470 g/mol. The topological polar surface area (TPSA) is 92.8 Å². The zero-order valence-corrected chi connectivity index (χ0v) is 18.6. The van der Waals surface area contributed by atoms with Gasteiger partial charge in [-0.25, -0.2) is 17.6 Å². The summed E-state index contributed by atoms with van der Waals surface area (Å²) in [5, 5.41) is -0.346. The predicted molar refractivity (Wildman–Crippen MR) is 114 cm³/mol. The van der Waals surface area contributed by atoms with Crippen molar-refractivity contribution in [2.24, 2.45) is 0 Å². The van der Waals surface area contributed by atoms with Gasteiger partial charge in [-0.05, 0) is 55.7 Å². The summed E-state index contributed by atoms with van der Waals surface area (Å²) in [5.74, 6) is -1.81. The Morgan fingerprint density at radius 2 is 1.68 bits per heavy atom. The average molecular weight is 489 g/mol. The third-order valence-electron chi connectivity index (χ3n) is 4.66. The number of nitrogens with zero attached hydrogens (tertiary/aromatic N) is 1. The Kier molecular flexibility index (Phi) is 7.40. The first-order valence-corrected chi connectivity index (χ1v) is 11.6. The molecule has 0 aromatic heterocycles. The minimum absolute atomic E-state index is 0.101. The maximum atomic E-state index is 13.0. The number of carbonyl (C=O) groups is 2. The number of amides is 1. The standard InChI is InChI=1S/C20H19Cl2FN2O5S/c21-16-11-17(22)18(31(28,29)24-14-6-4-13(23)5-7-14)10-15(16)20(27)30-12-19(26)25-8-2-1-3-9-25/h4-7,10-11,24H,1-3,8-9,12H2. The van der Waals surface area contributed by atoms with E-state index in [0.29, 0.717) is 13.1 Å². The Balaban J connectivity index is 1.77. The first-order valence-electron chi connectivity index (χ1n) is 9.40. The van der Waals surface area contributed by atoms with E-state index in [9.17, 15) is 22.4 Å². The van der Waals surface area contributed by atoms with E-state index in [0.717, 1.165) is 43.5 Å². The molecule has 2 aromatic carbocycles. The zero-order valence-electron chi connectivity index (χ0n) is 16.2. The fourth-order valence-corrected chi connectivity index (χ4v) is 4.97. The van der Waals surface area contributed by atoms with Gasteiger partial charge in [0.05, 0.1) is 15.6 Å². The van der Waals surface area contributed by atoms with Gasteiger partial charge in [0, 0.05) is 18.8 Å². The molecule has 1 saturated heterocycles. The fourth-order valence-electron chi connectivity index (χ4n) is 3.06. The number of piperidine rings is 1. The van der Waals surface area contributed by atoms with E-state index in [2.05, 4.69) is 4.72 Å². The van der Waals surface area contributed by atoms with Gasteiger partial charge < -0.3 is 9.64 Å². The van der Waals surface area contributed by atoms with E-state index in [4.69, 9.17) is 27.9 Å². The molecule has 1 fully saturated rings. The van der Waals surface area contributed by atoms with Gasteiger partial charge in [0.1, 0.15) is 10.7 Å². The van der Waals surface area contributed by atoms with E-state index in [1.54, 1.807) is 4.90 Å². The molecule has 0 bridgehead atoms. The second kappa shape index (κ2) is 9.84. The number of rotatable bonds is 6. The number of hydrogen-bond donors (Lipinski definition) is 1. The van der Waals surface area contributed by atoms with Crippen molar-refractivity contribution in [1.82, 2.24) is 4.90 Å². The van der Waals surface area contributed by atoms with E-state index >= 15 is 0 Å². The van der Waals surface area contributed by atoms with Gasteiger partial charge in [0.15, 0.2) is 6.61 Å². The highest BCUT2D eigenvalue weighted by atomic mass is 35.5. The van der Waals surface area contributed by atoms with Crippen LogP contribution in [0.25, 0.3) is 0 Å². The quantitative estimate of drug-likeness (QED) is 0.617. The molecule has 0 radical (unpaired) electrons. The SMILES string of the molecule is O=C(OCC(=O)N1CCCCC1)c1cc(S(=O)(=O)Nc2ccc(F)cc2)c(Cl)cc1Cl. The molecule has 0 saturated carbocycles. The summed E-state index contributed by atoms with van der Waals surface area (Å²) in [4.78, 5) is 25.8. The van der Waals surface area contributed by atoms with Crippen LogP contribution in [0.5, 0.6) is 0 Å². The largest absolute Gasteiger partial charge is 0.452 e. The lowest BCUT2D eigenvalue weighted by atomic mass is 10.1. The third kappa shape index (κ3) is 5.87. The maximum absolute atomic E-state index is 13.0. The first kappa shape index (κ1) is 23.3. The molecule has 3 rings (SSSR count). The van der Waals surface area contributed by atoms with Crippen molar-refractivity contribution >= 4 is 50.8 Å². The minimum atomic E-state index is -4.22. The number of halogens is 3. The van der Waals surface area contributed by atoms with Crippen molar-refractivity contribution in [2.45, 2.75) is 24.2 Å². The van der Waals surface area contributed by atoms with Crippen LogP contribution < -0.4 is 4.72 Å². The van der Waals surface area contributed by atoms with Crippen LogP contribution in [-0.2, 0) is 19.6 Å². The molecule has 31 heavy (non-hydrogen) atoms. The van der Waals surface area contributed by atoms with Crippen LogP contribution in [0.15, 0.2) is 41.3 Å². The summed E-state index contributed by atoms with van der Waals surface area (Å²) in [6.45, 7) is 0.735. The van der Waals surface area contributed by atoms with Crippen molar-refractivity contribution in [1.29, 1.82) is 0 Å². The lowest BCUT2D eigenvalue weighted by Gasteiger charge is -2.26. The molecule has 1 N–H and O–H groups in total. The van der Waals surface area contributed by atoms with Crippen molar-refractivity contribution in [3.63, 3.8) is 0 Å². The van der Waals surface area contributed by atoms with E-state index in [1.807, 2.05) is 0 Å². The number of anilines is 1. The minimum Gasteiger partial charge on any atom is -0.452 e. The number of benzene rings is 2. The summed E-state index contributed by atoms with van der Waals surface area (Å²) in [5.41, 5.74) is -0.152. The molecule has 0 unspecified atom stereocenters. The Labute approximate surface area is 189 Å². The van der Waals surface area contributed by atoms with Crippen LogP contribution in [0.1, 0.15) is 29.6 Å². The maximum Gasteiger partial charge on any atom is 0.340 e. The Hall–Kier alpha value is -2.36. The van der Waals surface area contributed by atoms with Gasteiger partial charge in [-0.3, -0.25) is 9.52 Å². The van der Waals surface area contributed by atoms with Crippen LogP contribution in [0.2, 0.25) is 10.0 Å². The summed E-state index contributed by atoms with van der Waals surface area (Å²) >= 11 is 12.1. The Morgan fingerprint density at radius 3 is 2.32 bits per heavy atom. The fraction of sp³-hybridized carbons (Fsp3) is 0.300. The van der Waals surface area contributed by atoms with Crippen LogP contribution >= 0.6 is 23.2 Å². The van der Waals surface area contributed by atoms with E-state index in [-0.39, 0.29) is 27.2 Å². The lowest BCUT2D eigenvalue weighted by Crippen LogP contribution is -2.38. The Morgan fingerprint density at radius 1 is 1.03 bits per heavy atom. The highest BCUT2D eigenvalue weighted by molar-refractivity contribution is 7.92. The van der Waals surface area contributed by atoms with Gasteiger partial charge in [-0.2, -0.15) is 0 Å². The molecule has 7 nitrogen and oxygen atoms in total. The van der Waals surface area contributed by atoms with Crippen molar-refractivity contribution in [3.8, 4) is 0 Å². The van der Waals surface area contributed by atoms with Gasteiger partial charge in [0.2, 0.25) is 0 Å². The van der Waals surface area contributed by atoms with E-state index in [1.165, 1.54) is 12.1 Å². The van der Waals surface area contributed by atoms with Crippen LogP contribution in [-0.4, -0.2) is 44.9 Å². The number of carbonyl (C=O) groups excluding carboxylic acids is 2. The Bertz CT molecular complexity index is 1090.